The lowest BCUT2D eigenvalue weighted by Gasteiger charge is -2.27. The number of anilines is 1. The van der Waals surface area contributed by atoms with Gasteiger partial charge in [-0.3, -0.25) is 14.9 Å². The van der Waals surface area contributed by atoms with Gasteiger partial charge in [0.05, 0.1) is 10.7 Å². The maximum absolute atomic E-state index is 13.3. The van der Waals surface area contributed by atoms with Crippen LogP contribution >= 0.6 is 27.5 Å². The van der Waals surface area contributed by atoms with Crippen molar-refractivity contribution in [2.24, 2.45) is 0 Å². The van der Waals surface area contributed by atoms with Crippen molar-refractivity contribution in [2.45, 2.75) is 13.5 Å². The molecule has 1 fully saturated rings. The first kappa shape index (κ1) is 23.7. The van der Waals surface area contributed by atoms with Crippen molar-refractivity contribution in [3.63, 3.8) is 0 Å². The molecule has 3 aromatic carbocycles. The van der Waals surface area contributed by atoms with E-state index in [1.54, 1.807) is 49.4 Å². The molecule has 1 aliphatic heterocycles. The Kier molecular flexibility index (Phi) is 6.81. The van der Waals surface area contributed by atoms with Crippen molar-refractivity contribution in [3.8, 4) is 5.75 Å². The molecule has 1 heterocycles. The lowest BCUT2D eigenvalue weighted by molar-refractivity contribution is -0.122. The number of hydrogen-bond acceptors (Lipinski definition) is 4. The number of nitrogens with zero attached hydrogens (tertiary/aromatic N) is 1. The normalized spacial score (nSPS) is 15.0. The summed E-state index contributed by atoms with van der Waals surface area (Å²) in [5.41, 5.74) is 1.92. The Morgan fingerprint density at radius 1 is 1.09 bits per heavy atom. The zero-order valence-corrected chi connectivity index (χ0v) is 20.1. The Morgan fingerprint density at radius 3 is 2.59 bits per heavy atom. The zero-order chi connectivity index (χ0) is 24.4. The van der Waals surface area contributed by atoms with E-state index in [2.05, 4.69) is 21.2 Å². The smallest absolute Gasteiger partial charge is 0.335 e. The average molecular weight is 544 g/mol. The van der Waals surface area contributed by atoms with Crippen molar-refractivity contribution in [1.29, 1.82) is 0 Å². The highest BCUT2D eigenvalue weighted by atomic mass is 79.9. The molecule has 6 nitrogen and oxygen atoms in total. The first-order chi connectivity index (χ1) is 16.2. The third-order valence-corrected chi connectivity index (χ3v) is 5.84. The van der Waals surface area contributed by atoms with Crippen LogP contribution in [0.1, 0.15) is 16.7 Å². The van der Waals surface area contributed by atoms with E-state index in [9.17, 15) is 18.8 Å². The first-order valence-corrected chi connectivity index (χ1v) is 11.2. The van der Waals surface area contributed by atoms with E-state index >= 15 is 0 Å². The summed E-state index contributed by atoms with van der Waals surface area (Å²) in [6.45, 7) is 1.87. The minimum Gasteiger partial charge on any atom is -0.487 e. The fraction of sp³-hybridized carbons (Fsp3) is 0.0800. The summed E-state index contributed by atoms with van der Waals surface area (Å²) >= 11 is 9.67. The third-order valence-electron chi connectivity index (χ3n) is 5.05. The van der Waals surface area contributed by atoms with Crippen molar-refractivity contribution in [1.82, 2.24) is 5.32 Å². The molecule has 4 amide bonds. The highest BCUT2D eigenvalue weighted by molar-refractivity contribution is 9.10. The molecule has 172 valence electrons. The van der Waals surface area contributed by atoms with Crippen LogP contribution in [0.5, 0.6) is 5.75 Å². The predicted octanol–water partition coefficient (Wildman–Crippen LogP) is 5.80. The van der Waals surface area contributed by atoms with Gasteiger partial charge in [-0.05, 0) is 72.2 Å². The maximum Gasteiger partial charge on any atom is 0.335 e. The largest absolute Gasteiger partial charge is 0.487 e. The lowest BCUT2D eigenvalue weighted by Crippen LogP contribution is -2.54. The number of urea groups is 1. The van der Waals surface area contributed by atoms with Gasteiger partial charge in [0.1, 0.15) is 23.7 Å². The standard InChI is InChI=1S/C25H17BrClFN2O4/c1-14-9-17(26)6-7-21(14)30-24(32)19(23(31)29-25(30)33)11-15-5-8-22(20(27)12-15)34-13-16-3-2-4-18(28)10-16/h2-12H,13H2,1H3,(H,29,31,33)/b19-11-. The second-order valence-electron chi connectivity index (χ2n) is 7.50. The van der Waals surface area contributed by atoms with Gasteiger partial charge in [-0.25, -0.2) is 14.1 Å². The van der Waals surface area contributed by atoms with Crippen molar-refractivity contribution in [3.05, 3.63) is 98.2 Å². The second kappa shape index (κ2) is 9.79. The molecular weight excluding hydrogens is 527 g/mol. The Morgan fingerprint density at radius 2 is 1.88 bits per heavy atom. The van der Waals surface area contributed by atoms with Gasteiger partial charge in [0.25, 0.3) is 11.8 Å². The van der Waals surface area contributed by atoms with Crippen LogP contribution in [0.4, 0.5) is 14.9 Å². The Labute approximate surface area is 208 Å². The lowest BCUT2D eigenvalue weighted by atomic mass is 10.1. The fourth-order valence-corrected chi connectivity index (χ4v) is 4.14. The minimum atomic E-state index is -0.822. The molecule has 0 saturated carbocycles. The molecule has 4 rings (SSSR count). The quantitative estimate of drug-likeness (QED) is 0.326. The molecule has 1 N–H and O–H groups in total. The molecule has 3 aromatic rings. The van der Waals surface area contributed by atoms with E-state index < -0.39 is 17.8 Å². The molecule has 1 saturated heterocycles. The van der Waals surface area contributed by atoms with Gasteiger partial charge in [-0.2, -0.15) is 0 Å². The van der Waals surface area contributed by atoms with Gasteiger partial charge in [0, 0.05) is 4.47 Å². The number of barbiturate groups is 1. The number of benzene rings is 3. The van der Waals surface area contributed by atoms with Crippen LogP contribution in [-0.4, -0.2) is 17.8 Å². The monoisotopic (exact) mass is 542 g/mol. The Hall–Kier alpha value is -3.49. The summed E-state index contributed by atoms with van der Waals surface area (Å²) in [4.78, 5) is 38.9. The van der Waals surface area contributed by atoms with Crippen LogP contribution in [0, 0.1) is 12.7 Å². The Bertz CT molecular complexity index is 1360. The summed E-state index contributed by atoms with van der Waals surface area (Å²) in [5.74, 6) is -1.56. The van der Waals surface area contributed by atoms with Crippen molar-refractivity contribution in [2.75, 3.05) is 4.90 Å². The zero-order valence-electron chi connectivity index (χ0n) is 17.8. The van der Waals surface area contributed by atoms with Crippen LogP contribution in [0.3, 0.4) is 0 Å². The molecule has 1 aliphatic rings. The Balaban J connectivity index is 1.58. The second-order valence-corrected chi connectivity index (χ2v) is 8.82. The van der Waals surface area contributed by atoms with Gasteiger partial charge in [-0.1, -0.05) is 45.7 Å². The minimum absolute atomic E-state index is 0.114. The highest BCUT2D eigenvalue weighted by Gasteiger charge is 2.37. The number of amides is 4. The molecule has 0 radical (unpaired) electrons. The van der Waals surface area contributed by atoms with Crippen LogP contribution in [0.15, 0.2) is 70.7 Å². The van der Waals surface area contributed by atoms with Crippen molar-refractivity contribution >= 4 is 57.1 Å². The van der Waals surface area contributed by atoms with Crippen LogP contribution in [0.2, 0.25) is 5.02 Å². The number of halogens is 3. The van der Waals surface area contributed by atoms with Gasteiger partial charge >= 0.3 is 6.03 Å². The molecule has 0 bridgehead atoms. The van der Waals surface area contributed by atoms with Gasteiger partial charge < -0.3 is 4.74 Å². The van der Waals surface area contributed by atoms with Gasteiger partial charge in [0.15, 0.2) is 0 Å². The predicted molar refractivity (Wildman–Crippen MR) is 130 cm³/mol. The maximum atomic E-state index is 13.3. The number of carbonyl (C=O) groups excluding carboxylic acids is 3. The summed E-state index contributed by atoms with van der Waals surface area (Å²) in [6.07, 6.45) is 1.35. The van der Waals surface area contributed by atoms with Crippen molar-refractivity contribution < 1.29 is 23.5 Å². The summed E-state index contributed by atoms with van der Waals surface area (Å²) in [5, 5.41) is 2.44. The number of nitrogens with one attached hydrogen (secondary N) is 1. The van der Waals surface area contributed by atoms with Crippen LogP contribution in [-0.2, 0) is 16.2 Å². The molecule has 9 heteroatoms. The third kappa shape index (κ3) is 5.03. The summed E-state index contributed by atoms with van der Waals surface area (Å²) in [6, 6.07) is 15.0. The number of imide groups is 2. The number of carbonyl (C=O) groups is 3. The molecule has 0 spiro atoms. The van der Waals surface area contributed by atoms with E-state index in [4.69, 9.17) is 16.3 Å². The molecule has 0 aliphatic carbocycles. The number of aryl methyl sites for hydroxylation is 1. The van der Waals surface area contributed by atoms with Gasteiger partial charge in [0.2, 0.25) is 0 Å². The molecule has 0 atom stereocenters. The van der Waals surface area contributed by atoms with E-state index in [0.717, 1.165) is 9.37 Å². The topological polar surface area (TPSA) is 75.7 Å². The highest BCUT2D eigenvalue weighted by Crippen LogP contribution is 2.30. The molecule has 0 aromatic heterocycles. The van der Waals surface area contributed by atoms with E-state index in [1.807, 2.05) is 0 Å². The molecule has 0 unspecified atom stereocenters. The molecule has 34 heavy (non-hydrogen) atoms. The number of ether oxygens (including phenoxy) is 1. The molecular formula is C25H17BrClFN2O4. The van der Waals surface area contributed by atoms with Crippen LogP contribution < -0.4 is 15.0 Å². The number of hydrogen-bond donors (Lipinski definition) is 1. The summed E-state index contributed by atoms with van der Waals surface area (Å²) in [7, 11) is 0. The number of rotatable bonds is 5. The van der Waals surface area contributed by atoms with Gasteiger partial charge in [-0.15, -0.1) is 0 Å². The van der Waals surface area contributed by atoms with Crippen LogP contribution in [0.25, 0.3) is 6.08 Å². The first-order valence-electron chi connectivity index (χ1n) is 10.1. The van der Waals surface area contributed by atoms with E-state index in [1.165, 1.54) is 24.3 Å². The fourth-order valence-electron chi connectivity index (χ4n) is 3.42. The SMILES string of the molecule is Cc1cc(Br)ccc1N1C(=O)NC(=O)/C(=C/c2ccc(OCc3cccc(F)c3)c(Cl)c2)C1=O. The van der Waals surface area contributed by atoms with E-state index in [0.29, 0.717) is 28.1 Å². The van der Waals surface area contributed by atoms with E-state index in [-0.39, 0.29) is 23.0 Å². The average Bonchev–Trinajstić information content (AvgIpc) is 2.77. The summed E-state index contributed by atoms with van der Waals surface area (Å²) < 4.78 is 19.8.